The van der Waals surface area contributed by atoms with E-state index in [0.29, 0.717) is 27.8 Å². The van der Waals surface area contributed by atoms with Crippen LogP contribution in [0.2, 0.25) is 0 Å². The number of thioether (sulfide) groups is 1. The zero-order valence-electron chi connectivity index (χ0n) is 22.9. The monoisotopic (exact) mass is 607 g/mol. The molecule has 14 heteroatoms. The van der Waals surface area contributed by atoms with E-state index in [1.165, 1.54) is 58.2 Å². The highest BCUT2D eigenvalue weighted by molar-refractivity contribution is 8.15. The number of rotatable bonds is 7. The molecule has 1 fully saturated rings. The number of benzene rings is 3. The van der Waals surface area contributed by atoms with Gasteiger partial charge in [-0.15, -0.1) is 18.3 Å². The second-order valence-electron chi connectivity index (χ2n) is 9.25. The molecule has 0 aliphatic carbocycles. The number of nitrogens with zero attached hydrogens (tertiary/aromatic N) is 6. The molecule has 0 saturated carbocycles. The van der Waals surface area contributed by atoms with Crippen molar-refractivity contribution in [2.75, 3.05) is 10.7 Å². The Labute approximate surface area is 248 Å². The molecule has 0 bridgehead atoms. The van der Waals surface area contributed by atoms with Crippen molar-refractivity contribution >= 4 is 40.8 Å². The summed E-state index contributed by atoms with van der Waals surface area (Å²) in [6.45, 7) is 3.94. The first-order chi connectivity index (χ1) is 20.6. The smallest absolute Gasteiger partial charge is 0.406 e. The van der Waals surface area contributed by atoms with Gasteiger partial charge in [0.2, 0.25) is 5.91 Å². The summed E-state index contributed by atoms with van der Waals surface area (Å²) in [6, 6.07) is 17.4. The van der Waals surface area contributed by atoms with Crippen molar-refractivity contribution < 1.29 is 27.5 Å². The van der Waals surface area contributed by atoms with E-state index in [1.54, 1.807) is 24.3 Å². The molecule has 3 aromatic carbocycles. The molecule has 4 aromatic rings. The molecule has 1 aromatic heterocycles. The van der Waals surface area contributed by atoms with E-state index in [0.717, 1.165) is 23.2 Å². The van der Waals surface area contributed by atoms with Crippen LogP contribution in [0.1, 0.15) is 23.6 Å². The number of nitrogens with one attached hydrogen (secondary N) is 1. The largest absolute Gasteiger partial charge is 0.573 e. The van der Waals surface area contributed by atoms with E-state index >= 15 is 0 Å². The number of aryl methyl sites for hydroxylation is 2. The van der Waals surface area contributed by atoms with Gasteiger partial charge < -0.3 is 4.74 Å². The van der Waals surface area contributed by atoms with Crippen LogP contribution in [0.4, 0.5) is 23.7 Å². The number of aliphatic imine (C=N–C) groups is 1. The number of carbonyl (C=O) groups excluding carboxylic acids is 2. The Hall–Kier alpha value is -4.98. The molecule has 220 valence electrons. The number of amides is 3. The highest BCUT2D eigenvalue weighted by Gasteiger charge is 2.32. The van der Waals surface area contributed by atoms with E-state index < -0.39 is 12.4 Å². The molecule has 1 aliphatic heterocycles. The van der Waals surface area contributed by atoms with Gasteiger partial charge in [-0.25, -0.2) is 19.9 Å². The Bertz CT molecular complexity index is 1700. The summed E-state index contributed by atoms with van der Waals surface area (Å²) in [5, 5.41) is 8.63. The van der Waals surface area contributed by atoms with Crippen molar-refractivity contribution in [1.82, 2.24) is 20.2 Å². The number of alkyl halides is 3. The maximum atomic E-state index is 12.6. The zero-order valence-corrected chi connectivity index (χ0v) is 23.7. The number of ether oxygens (including phenoxy) is 1. The summed E-state index contributed by atoms with van der Waals surface area (Å²) in [4.78, 5) is 34.9. The van der Waals surface area contributed by atoms with Gasteiger partial charge >= 0.3 is 12.4 Å². The standard InChI is InChI=1S/C29H24F3N7O3S/c1-3-20-7-4-18(2)14-24(20)39-25(40)16-43-28(39)35-27(41)36-34-15-19-5-8-21(9-6-19)26-33-17-38(37-26)22-10-12-23(13-11-22)42-29(30,31)32/h4-15,17H,3,16H2,1-2H3,(H,36,41)/b34-15+,35-28?. The van der Waals surface area contributed by atoms with E-state index in [4.69, 9.17) is 0 Å². The Morgan fingerprint density at radius 2 is 1.86 bits per heavy atom. The lowest BCUT2D eigenvalue weighted by Gasteiger charge is -2.19. The van der Waals surface area contributed by atoms with Gasteiger partial charge in [0.1, 0.15) is 12.1 Å². The van der Waals surface area contributed by atoms with Crippen LogP contribution in [0.5, 0.6) is 5.75 Å². The molecular formula is C29H24F3N7O3S. The number of aromatic nitrogens is 3. The van der Waals surface area contributed by atoms with Crippen LogP contribution in [-0.4, -0.2) is 50.2 Å². The van der Waals surface area contributed by atoms with Crippen LogP contribution in [0.15, 0.2) is 83.2 Å². The van der Waals surface area contributed by atoms with Crippen LogP contribution in [0.25, 0.3) is 17.1 Å². The maximum Gasteiger partial charge on any atom is 0.573 e. The molecule has 3 amide bonds. The molecule has 1 N–H and O–H groups in total. The molecule has 10 nitrogen and oxygen atoms in total. The van der Waals surface area contributed by atoms with Crippen LogP contribution in [0, 0.1) is 6.92 Å². The van der Waals surface area contributed by atoms with Crippen molar-refractivity contribution in [1.29, 1.82) is 0 Å². The van der Waals surface area contributed by atoms with Gasteiger partial charge in [0.05, 0.1) is 23.3 Å². The lowest BCUT2D eigenvalue weighted by Crippen LogP contribution is -2.31. The molecule has 1 aliphatic rings. The molecule has 43 heavy (non-hydrogen) atoms. The highest BCUT2D eigenvalue weighted by atomic mass is 32.2. The summed E-state index contributed by atoms with van der Waals surface area (Å²) in [5.74, 6) is 0.110. The fraction of sp³-hybridized carbons (Fsp3) is 0.172. The van der Waals surface area contributed by atoms with Gasteiger partial charge in [-0.1, -0.05) is 55.1 Å². The van der Waals surface area contributed by atoms with Crippen LogP contribution < -0.4 is 15.1 Å². The average Bonchev–Trinajstić information content (AvgIpc) is 3.60. The predicted octanol–water partition coefficient (Wildman–Crippen LogP) is 5.88. The lowest BCUT2D eigenvalue weighted by molar-refractivity contribution is -0.274. The third-order valence-corrected chi connectivity index (χ3v) is 7.12. The quantitative estimate of drug-likeness (QED) is 0.207. The summed E-state index contributed by atoms with van der Waals surface area (Å²) in [7, 11) is 0. The van der Waals surface area contributed by atoms with Crippen molar-refractivity contribution in [3.05, 3.63) is 89.7 Å². The van der Waals surface area contributed by atoms with Gasteiger partial charge in [-0.05, 0) is 60.4 Å². The minimum Gasteiger partial charge on any atom is -0.406 e. The number of hydrogen-bond donors (Lipinski definition) is 1. The molecule has 2 heterocycles. The second kappa shape index (κ2) is 12.5. The number of hydrazone groups is 1. The molecule has 5 rings (SSSR count). The highest BCUT2D eigenvalue weighted by Crippen LogP contribution is 2.31. The van der Waals surface area contributed by atoms with Gasteiger partial charge in [0.15, 0.2) is 11.0 Å². The number of halogens is 3. The number of anilines is 1. The van der Waals surface area contributed by atoms with Crippen molar-refractivity contribution in [3.63, 3.8) is 0 Å². The zero-order chi connectivity index (χ0) is 30.6. The van der Waals surface area contributed by atoms with E-state index in [9.17, 15) is 22.8 Å². The Kier molecular flexibility index (Phi) is 8.57. The minimum atomic E-state index is -4.77. The van der Waals surface area contributed by atoms with Crippen molar-refractivity contribution in [3.8, 4) is 22.8 Å². The second-order valence-corrected chi connectivity index (χ2v) is 10.2. The first-order valence-corrected chi connectivity index (χ1v) is 13.9. The summed E-state index contributed by atoms with van der Waals surface area (Å²) in [6.07, 6.45) is -1.15. The SMILES string of the molecule is CCc1ccc(C)cc1N1C(=O)CSC1=NC(=O)N/N=C/c1ccc(-c2ncn(-c3ccc(OC(F)(F)F)cc3)n2)cc1. The maximum absolute atomic E-state index is 12.6. The van der Waals surface area contributed by atoms with Crippen LogP contribution in [0.3, 0.4) is 0 Å². The van der Waals surface area contributed by atoms with E-state index in [1.807, 2.05) is 32.0 Å². The number of urea groups is 1. The lowest BCUT2D eigenvalue weighted by atomic mass is 10.1. The first-order valence-electron chi connectivity index (χ1n) is 12.9. The Morgan fingerprint density at radius 3 is 2.56 bits per heavy atom. The van der Waals surface area contributed by atoms with Crippen molar-refractivity contribution in [2.45, 2.75) is 26.6 Å². The summed E-state index contributed by atoms with van der Waals surface area (Å²) in [5.41, 5.74) is 6.93. The molecule has 0 atom stereocenters. The predicted molar refractivity (Wildman–Crippen MR) is 158 cm³/mol. The first kappa shape index (κ1) is 29.5. The van der Waals surface area contributed by atoms with Gasteiger partial charge in [0.25, 0.3) is 0 Å². The number of amidine groups is 1. The minimum absolute atomic E-state index is 0.145. The fourth-order valence-electron chi connectivity index (χ4n) is 4.18. The number of hydrogen-bond acceptors (Lipinski definition) is 7. The van der Waals surface area contributed by atoms with Crippen molar-refractivity contribution in [2.24, 2.45) is 10.1 Å². The molecule has 1 saturated heterocycles. The Balaban J connectivity index is 1.21. The third-order valence-electron chi connectivity index (χ3n) is 6.19. The fourth-order valence-corrected chi connectivity index (χ4v) is 5.03. The third kappa shape index (κ3) is 7.27. The molecule has 0 spiro atoms. The molecular weight excluding hydrogens is 583 g/mol. The van der Waals surface area contributed by atoms with Gasteiger partial charge in [-0.2, -0.15) is 10.1 Å². The molecule has 0 radical (unpaired) electrons. The topological polar surface area (TPSA) is 114 Å². The summed E-state index contributed by atoms with van der Waals surface area (Å²) < 4.78 is 42.5. The van der Waals surface area contributed by atoms with E-state index in [2.05, 4.69) is 30.3 Å². The van der Waals surface area contributed by atoms with Gasteiger partial charge in [0, 0.05) is 5.56 Å². The van der Waals surface area contributed by atoms with Gasteiger partial charge in [-0.3, -0.25) is 9.69 Å². The van der Waals surface area contributed by atoms with E-state index in [-0.39, 0.29) is 17.4 Å². The number of carbonyl (C=O) groups is 2. The van der Waals surface area contributed by atoms with Crippen LogP contribution >= 0.6 is 11.8 Å². The van der Waals surface area contributed by atoms with Crippen LogP contribution in [-0.2, 0) is 11.2 Å². The average molecular weight is 608 g/mol. The normalized spacial score (nSPS) is 14.6. The Morgan fingerprint density at radius 1 is 1.12 bits per heavy atom. The summed E-state index contributed by atoms with van der Waals surface area (Å²) >= 11 is 1.19. The molecule has 0 unspecified atom stereocenters.